The van der Waals surface area contributed by atoms with Crippen molar-refractivity contribution in [2.45, 2.75) is 25.6 Å². The van der Waals surface area contributed by atoms with Crippen LogP contribution in [0.3, 0.4) is 0 Å². The van der Waals surface area contributed by atoms with Crippen molar-refractivity contribution < 1.29 is 15.3 Å². The van der Waals surface area contributed by atoms with E-state index in [1.54, 1.807) is 0 Å². The predicted octanol–water partition coefficient (Wildman–Crippen LogP) is -1.30. The SMILES string of the molecule is CCNCC(O)C(O)CCO. The molecule has 4 heteroatoms. The van der Waals surface area contributed by atoms with Crippen LogP contribution in [0.4, 0.5) is 0 Å². The van der Waals surface area contributed by atoms with Crippen LogP contribution in [0.5, 0.6) is 0 Å². The molecule has 2 atom stereocenters. The van der Waals surface area contributed by atoms with Crippen molar-refractivity contribution in [1.29, 1.82) is 0 Å². The minimum Gasteiger partial charge on any atom is -0.396 e. The van der Waals surface area contributed by atoms with E-state index in [0.29, 0.717) is 6.54 Å². The predicted molar refractivity (Wildman–Crippen MR) is 42.3 cm³/mol. The van der Waals surface area contributed by atoms with E-state index in [9.17, 15) is 0 Å². The lowest BCUT2D eigenvalue weighted by atomic mass is 10.1. The second kappa shape index (κ2) is 6.54. The molecule has 0 aromatic carbocycles. The molecule has 0 amide bonds. The standard InChI is InChI=1S/C7H17NO3/c1-2-8-5-7(11)6(10)3-4-9/h6-11H,2-5H2,1H3. The highest BCUT2D eigenvalue weighted by Crippen LogP contribution is 1.96. The number of likely N-dealkylation sites (N-methyl/N-ethyl adjacent to an activating group) is 1. The van der Waals surface area contributed by atoms with Crippen LogP contribution in [0, 0.1) is 0 Å². The molecule has 0 aromatic rings. The Morgan fingerprint density at radius 1 is 1.27 bits per heavy atom. The van der Waals surface area contributed by atoms with Gasteiger partial charge in [0.15, 0.2) is 0 Å². The highest BCUT2D eigenvalue weighted by atomic mass is 16.3. The third kappa shape index (κ3) is 5.15. The van der Waals surface area contributed by atoms with Crippen molar-refractivity contribution in [1.82, 2.24) is 5.32 Å². The Labute approximate surface area is 66.9 Å². The molecule has 0 aliphatic heterocycles. The molecule has 0 fully saturated rings. The largest absolute Gasteiger partial charge is 0.396 e. The summed E-state index contributed by atoms with van der Waals surface area (Å²) < 4.78 is 0. The average Bonchev–Trinajstić information content (AvgIpc) is 2.00. The van der Waals surface area contributed by atoms with Crippen LogP contribution in [0.2, 0.25) is 0 Å². The lowest BCUT2D eigenvalue weighted by Gasteiger charge is -2.16. The summed E-state index contributed by atoms with van der Waals surface area (Å²) in [5.74, 6) is 0. The van der Waals surface area contributed by atoms with Gasteiger partial charge in [0, 0.05) is 13.2 Å². The molecule has 0 saturated carbocycles. The number of aliphatic hydroxyl groups is 3. The van der Waals surface area contributed by atoms with Crippen LogP contribution in [0.15, 0.2) is 0 Å². The van der Waals surface area contributed by atoms with E-state index in [1.165, 1.54) is 0 Å². The Kier molecular flexibility index (Phi) is 6.45. The summed E-state index contributed by atoms with van der Waals surface area (Å²) in [6, 6.07) is 0. The van der Waals surface area contributed by atoms with Gasteiger partial charge in [0.1, 0.15) is 0 Å². The Morgan fingerprint density at radius 2 is 1.91 bits per heavy atom. The van der Waals surface area contributed by atoms with Gasteiger partial charge in [-0.05, 0) is 13.0 Å². The quantitative estimate of drug-likeness (QED) is 0.393. The molecule has 0 aromatic heterocycles. The van der Waals surface area contributed by atoms with Crippen LogP contribution in [0.1, 0.15) is 13.3 Å². The smallest absolute Gasteiger partial charge is 0.0923 e. The van der Waals surface area contributed by atoms with Gasteiger partial charge in [-0.1, -0.05) is 6.92 Å². The summed E-state index contributed by atoms with van der Waals surface area (Å²) in [7, 11) is 0. The van der Waals surface area contributed by atoms with Crippen molar-refractivity contribution in [2.24, 2.45) is 0 Å². The summed E-state index contributed by atoms with van der Waals surface area (Å²) >= 11 is 0. The topological polar surface area (TPSA) is 72.7 Å². The maximum absolute atomic E-state index is 9.16. The Morgan fingerprint density at radius 3 is 2.36 bits per heavy atom. The fraction of sp³-hybridized carbons (Fsp3) is 1.00. The van der Waals surface area contributed by atoms with E-state index < -0.39 is 12.2 Å². The maximum Gasteiger partial charge on any atom is 0.0923 e. The van der Waals surface area contributed by atoms with E-state index in [4.69, 9.17) is 15.3 Å². The molecule has 68 valence electrons. The molecule has 0 rings (SSSR count). The fourth-order valence-electron chi connectivity index (χ4n) is 0.753. The first-order valence-corrected chi connectivity index (χ1v) is 3.90. The minimum atomic E-state index is -0.820. The normalized spacial score (nSPS) is 16.4. The molecule has 2 unspecified atom stereocenters. The molecule has 0 radical (unpaired) electrons. The highest BCUT2D eigenvalue weighted by molar-refractivity contribution is 4.68. The zero-order valence-electron chi connectivity index (χ0n) is 6.82. The zero-order chi connectivity index (χ0) is 8.69. The second-order valence-corrected chi connectivity index (χ2v) is 2.45. The van der Waals surface area contributed by atoms with Crippen LogP contribution in [-0.2, 0) is 0 Å². The van der Waals surface area contributed by atoms with Crippen LogP contribution >= 0.6 is 0 Å². The van der Waals surface area contributed by atoms with Gasteiger partial charge < -0.3 is 20.6 Å². The van der Waals surface area contributed by atoms with Gasteiger partial charge in [-0.2, -0.15) is 0 Å². The molecular formula is C7H17NO3. The Hall–Kier alpha value is -0.160. The number of rotatable bonds is 6. The number of nitrogens with one attached hydrogen (secondary N) is 1. The maximum atomic E-state index is 9.16. The van der Waals surface area contributed by atoms with Gasteiger partial charge >= 0.3 is 0 Å². The molecule has 0 heterocycles. The Bertz CT molecular complexity index is 89.8. The molecule has 0 saturated heterocycles. The number of aliphatic hydroxyl groups excluding tert-OH is 3. The van der Waals surface area contributed by atoms with Crippen molar-refractivity contribution in [3.8, 4) is 0 Å². The average molecular weight is 163 g/mol. The van der Waals surface area contributed by atoms with Crippen LogP contribution in [-0.4, -0.2) is 47.2 Å². The summed E-state index contributed by atoms with van der Waals surface area (Å²) in [6.07, 6.45) is -1.37. The first-order valence-electron chi connectivity index (χ1n) is 3.90. The van der Waals surface area contributed by atoms with Gasteiger partial charge in [0.25, 0.3) is 0 Å². The molecule has 4 nitrogen and oxygen atoms in total. The molecule has 0 aliphatic rings. The summed E-state index contributed by atoms with van der Waals surface area (Å²) in [4.78, 5) is 0. The Balaban J connectivity index is 3.38. The molecule has 0 spiro atoms. The third-order valence-corrected chi connectivity index (χ3v) is 1.47. The monoisotopic (exact) mass is 163 g/mol. The second-order valence-electron chi connectivity index (χ2n) is 2.45. The molecular weight excluding hydrogens is 146 g/mol. The molecule has 0 bridgehead atoms. The van der Waals surface area contributed by atoms with E-state index in [1.807, 2.05) is 6.92 Å². The first kappa shape index (κ1) is 10.8. The van der Waals surface area contributed by atoms with Gasteiger partial charge in [-0.25, -0.2) is 0 Å². The minimum absolute atomic E-state index is 0.0929. The van der Waals surface area contributed by atoms with E-state index in [0.717, 1.165) is 6.54 Å². The number of hydrogen-bond donors (Lipinski definition) is 4. The van der Waals surface area contributed by atoms with E-state index in [-0.39, 0.29) is 13.0 Å². The van der Waals surface area contributed by atoms with Crippen LogP contribution < -0.4 is 5.32 Å². The van der Waals surface area contributed by atoms with Gasteiger partial charge in [0.2, 0.25) is 0 Å². The summed E-state index contributed by atoms with van der Waals surface area (Å²) in [6.45, 7) is 2.97. The third-order valence-electron chi connectivity index (χ3n) is 1.47. The summed E-state index contributed by atoms with van der Waals surface area (Å²) in [5.41, 5.74) is 0. The number of hydrogen-bond acceptors (Lipinski definition) is 4. The van der Waals surface area contributed by atoms with Crippen molar-refractivity contribution in [3.05, 3.63) is 0 Å². The zero-order valence-corrected chi connectivity index (χ0v) is 6.82. The van der Waals surface area contributed by atoms with Gasteiger partial charge in [-0.15, -0.1) is 0 Å². The van der Waals surface area contributed by atoms with Crippen LogP contribution in [0.25, 0.3) is 0 Å². The lowest BCUT2D eigenvalue weighted by molar-refractivity contribution is 0.00657. The van der Waals surface area contributed by atoms with E-state index >= 15 is 0 Å². The van der Waals surface area contributed by atoms with Crippen molar-refractivity contribution in [2.75, 3.05) is 19.7 Å². The van der Waals surface area contributed by atoms with Gasteiger partial charge in [-0.3, -0.25) is 0 Å². The summed E-state index contributed by atoms with van der Waals surface area (Å²) in [5, 5.41) is 29.6. The highest BCUT2D eigenvalue weighted by Gasteiger charge is 2.13. The molecule has 0 aliphatic carbocycles. The fourth-order valence-corrected chi connectivity index (χ4v) is 0.753. The van der Waals surface area contributed by atoms with Crippen molar-refractivity contribution in [3.63, 3.8) is 0 Å². The van der Waals surface area contributed by atoms with Gasteiger partial charge in [0.05, 0.1) is 12.2 Å². The first-order chi connectivity index (χ1) is 5.22. The van der Waals surface area contributed by atoms with Crippen molar-refractivity contribution >= 4 is 0 Å². The molecule has 11 heavy (non-hydrogen) atoms. The molecule has 4 N–H and O–H groups in total. The lowest BCUT2D eigenvalue weighted by Crippen LogP contribution is -2.36. The van der Waals surface area contributed by atoms with E-state index in [2.05, 4.69) is 5.32 Å².